The average Bonchev–Trinajstić information content (AvgIpc) is 3.39. The molecule has 1 aliphatic rings. The lowest BCUT2D eigenvalue weighted by Crippen LogP contribution is -2.22. The van der Waals surface area contributed by atoms with Crippen molar-refractivity contribution in [3.63, 3.8) is 0 Å². The smallest absolute Gasteiger partial charge is 0.232 e. The van der Waals surface area contributed by atoms with Crippen LogP contribution >= 0.6 is 34.7 Å². The Morgan fingerprint density at radius 1 is 1.23 bits per heavy atom. The third-order valence-electron chi connectivity index (χ3n) is 4.32. The van der Waals surface area contributed by atoms with E-state index in [1.807, 2.05) is 18.2 Å². The summed E-state index contributed by atoms with van der Waals surface area (Å²) in [5.74, 6) is 1.69. The highest BCUT2D eigenvalue weighted by molar-refractivity contribution is 7.98. The van der Waals surface area contributed by atoms with E-state index in [4.69, 9.17) is 11.6 Å². The zero-order valence-electron chi connectivity index (χ0n) is 14.6. The summed E-state index contributed by atoms with van der Waals surface area (Å²) >= 11 is 9.62. The van der Waals surface area contributed by atoms with Crippen LogP contribution in [0, 0.1) is 0 Å². The quantitative estimate of drug-likeness (QED) is 0.549. The van der Waals surface area contributed by atoms with Gasteiger partial charge in [-0.3, -0.25) is 4.57 Å². The SMILES string of the molecule is CCc1nc(CSc2nnc(N3CCCC3)n2-c2cccc(Cl)c2)cs1. The predicted molar refractivity (Wildman–Crippen MR) is 109 cm³/mol. The minimum Gasteiger partial charge on any atom is -0.341 e. The second-order valence-corrected chi connectivity index (χ2v) is 8.49. The molecule has 0 N–H and O–H groups in total. The number of halogens is 1. The Bertz CT molecular complexity index is 885. The summed E-state index contributed by atoms with van der Waals surface area (Å²) in [6.07, 6.45) is 3.38. The van der Waals surface area contributed by atoms with Gasteiger partial charge in [-0.25, -0.2) is 4.98 Å². The zero-order chi connectivity index (χ0) is 17.9. The van der Waals surface area contributed by atoms with Crippen molar-refractivity contribution < 1.29 is 0 Å². The van der Waals surface area contributed by atoms with E-state index in [1.165, 1.54) is 17.8 Å². The van der Waals surface area contributed by atoms with Crippen molar-refractivity contribution in [1.29, 1.82) is 0 Å². The molecule has 26 heavy (non-hydrogen) atoms. The first-order chi connectivity index (χ1) is 12.7. The van der Waals surface area contributed by atoms with Crippen molar-refractivity contribution in [2.24, 2.45) is 0 Å². The van der Waals surface area contributed by atoms with Gasteiger partial charge in [-0.15, -0.1) is 21.5 Å². The molecule has 0 saturated carbocycles. The second-order valence-electron chi connectivity index (χ2n) is 6.17. The number of rotatable bonds is 6. The van der Waals surface area contributed by atoms with E-state index in [0.717, 1.165) is 47.7 Å². The van der Waals surface area contributed by atoms with E-state index < -0.39 is 0 Å². The number of anilines is 1. The highest BCUT2D eigenvalue weighted by Gasteiger charge is 2.22. The minimum atomic E-state index is 0.714. The highest BCUT2D eigenvalue weighted by Crippen LogP contribution is 2.31. The van der Waals surface area contributed by atoms with Gasteiger partial charge in [0.05, 0.1) is 16.4 Å². The number of benzene rings is 1. The first-order valence-corrected chi connectivity index (χ1v) is 11.0. The fraction of sp³-hybridized carbons (Fsp3) is 0.389. The van der Waals surface area contributed by atoms with Gasteiger partial charge < -0.3 is 4.90 Å². The van der Waals surface area contributed by atoms with Crippen molar-refractivity contribution in [3.8, 4) is 5.69 Å². The molecule has 8 heteroatoms. The Labute approximate surface area is 166 Å². The zero-order valence-corrected chi connectivity index (χ0v) is 16.9. The van der Waals surface area contributed by atoms with E-state index in [-0.39, 0.29) is 0 Å². The third kappa shape index (κ3) is 3.75. The molecular formula is C18H20ClN5S2. The molecule has 3 heterocycles. The molecule has 0 amide bonds. The minimum absolute atomic E-state index is 0.714. The predicted octanol–water partition coefficient (Wildman–Crippen LogP) is 4.83. The molecule has 0 bridgehead atoms. The van der Waals surface area contributed by atoms with Crippen LogP contribution in [0.25, 0.3) is 5.69 Å². The molecule has 136 valence electrons. The number of hydrogen-bond acceptors (Lipinski definition) is 6. The molecular weight excluding hydrogens is 386 g/mol. The van der Waals surface area contributed by atoms with Gasteiger partial charge in [-0.2, -0.15) is 0 Å². The lowest BCUT2D eigenvalue weighted by molar-refractivity contribution is 0.841. The lowest BCUT2D eigenvalue weighted by atomic mass is 10.3. The van der Waals surface area contributed by atoms with Crippen LogP contribution in [0.4, 0.5) is 5.95 Å². The number of aromatic nitrogens is 4. The summed E-state index contributed by atoms with van der Waals surface area (Å²) in [4.78, 5) is 6.95. The number of thioether (sulfide) groups is 1. The van der Waals surface area contributed by atoms with Crippen molar-refractivity contribution in [1.82, 2.24) is 19.7 Å². The van der Waals surface area contributed by atoms with E-state index >= 15 is 0 Å². The molecule has 4 rings (SSSR count). The number of aryl methyl sites for hydroxylation is 1. The normalized spacial score (nSPS) is 14.3. The maximum atomic E-state index is 6.23. The standard InChI is InChI=1S/C18H20ClN5S2/c1-2-16-20-14(11-25-16)12-26-18-22-21-17(23-8-3-4-9-23)24(18)15-7-5-6-13(19)10-15/h5-7,10-11H,2-4,8-9,12H2,1H3. The summed E-state index contributed by atoms with van der Waals surface area (Å²) in [6.45, 7) is 4.18. The number of hydrogen-bond donors (Lipinski definition) is 0. The monoisotopic (exact) mass is 405 g/mol. The van der Waals surface area contributed by atoms with Crippen LogP contribution in [0.3, 0.4) is 0 Å². The van der Waals surface area contributed by atoms with Gasteiger partial charge >= 0.3 is 0 Å². The van der Waals surface area contributed by atoms with E-state index in [2.05, 4.69) is 43.0 Å². The van der Waals surface area contributed by atoms with Crippen molar-refractivity contribution >= 4 is 40.6 Å². The fourth-order valence-corrected chi connectivity index (χ4v) is 4.91. The molecule has 0 aliphatic carbocycles. The van der Waals surface area contributed by atoms with Gasteiger partial charge in [0.15, 0.2) is 5.16 Å². The molecule has 1 aliphatic heterocycles. The Kier molecular flexibility index (Phi) is 5.47. The Morgan fingerprint density at radius 3 is 2.81 bits per heavy atom. The van der Waals surface area contributed by atoms with Crippen LogP contribution < -0.4 is 4.90 Å². The molecule has 1 fully saturated rings. The topological polar surface area (TPSA) is 46.8 Å². The number of nitrogens with zero attached hydrogens (tertiary/aromatic N) is 5. The molecule has 0 atom stereocenters. The molecule has 0 radical (unpaired) electrons. The van der Waals surface area contributed by atoms with Crippen LogP contribution in [0.5, 0.6) is 0 Å². The van der Waals surface area contributed by atoms with Gasteiger partial charge in [-0.1, -0.05) is 36.4 Å². The summed E-state index contributed by atoms with van der Waals surface area (Å²) < 4.78 is 2.12. The molecule has 0 unspecified atom stereocenters. The largest absolute Gasteiger partial charge is 0.341 e. The molecule has 1 aromatic carbocycles. The summed E-state index contributed by atoms with van der Waals surface area (Å²) in [5, 5.41) is 13.9. The van der Waals surface area contributed by atoms with Crippen molar-refractivity contribution in [2.75, 3.05) is 18.0 Å². The average molecular weight is 406 g/mol. The van der Waals surface area contributed by atoms with Gasteiger partial charge in [0.2, 0.25) is 5.95 Å². The highest BCUT2D eigenvalue weighted by atomic mass is 35.5. The Morgan fingerprint density at radius 2 is 2.08 bits per heavy atom. The Balaban J connectivity index is 1.65. The van der Waals surface area contributed by atoms with E-state index in [0.29, 0.717) is 5.02 Å². The van der Waals surface area contributed by atoms with Crippen LogP contribution in [0.2, 0.25) is 5.02 Å². The first kappa shape index (κ1) is 17.8. The van der Waals surface area contributed by atoms with Crippen molar-refractivity contribution in [2.45, 2.75) is 37.1 Å². The van der Waals surface area contributed by atoms with Gasteiger partial charge in [-0.05, 0) is 37.5 Å². The summed E-state index contributed by atoms with van der Waals surface area (Å²) in [7, 11) is 0. The number of thiazole rings is 1. The molecule has 2 aromatic heterocycles. The van der Waals surface area contributed by atoms with E-state index in [9.17, 15) is 0 Å². The molecule has 0 spiro atoms. The first-order valence-electron chi connectivity index (χ1n) is 8.77. The van der Waals surface area contributed by atoms with Crippen molar-refractivity contribution in [3.05, 3.63) is 45.4 Å². The molecule has 5 nitrogen and oxygen atoms in total. The van der Waals surface area contributed by atoms with Crippen LogP contribution in [-0.2, 0) is 12.2 Å². The van der Waals surface area contributed by atoms with Crippen LogP contribution in [0.1, 0.15) is 30.5 Å². The maximum Gasteiger partial charge on any atom is 0.232 e. The van der Waals surface area contributed by atoms with Gasteiger partial charge in [0.1, 0.15) is 0 Å². The van der Waals surface area contributed by atoms with Crippen LogP contribution in [-0.4, -0.2) is 32.8 Å². The second kappa shape index (κ2) is 7.98. The maximum absolute atomic E-state index is 6.23. The van der Waals surface area contributed by atoms with Gasteiger partial charge in [0, 0.05) is 29.2 Å². The third-order valence-corrected chi connectivity index (χ3v) is 6.56. The Hall–Kier alpha value is -1.57. The molecule has 1 saturated heterocycles. The van der Waals surface area contributed by atoms with Crippen LogP contribution in [0.15, 0.2) is 34.8 Å². The summed E-state index contributed by atoms with van der Waals surface area (Å²) in [5.41, 5.74) is 2.10. The lowest BCUT2D eigenvalue weighted by Gasteiger charge is -2.18. The van der Waals surface area contributed by atoms with Gasteiger partial charge in [0.25, 0.3) is 0 Å². The van der Waals surface area contributed by atoms with E-state index in [1.54, 1.807) is 23.1 Å². The summed E-state index contributed by atoms with van der Waals surface area (Å²) in [6, 6.07) is 7.87. The molecule has 3 aromatic rings. The fourth-order valence-electron chi connectivity index (χ4n) is 3.03.